The monoisotopic (exact) mass is 200 g/mol. The summed E-state index contributed by atoms with van der Waals surface area (Å²) in [7, 11) is 0. The first-order chi connectivity index (χ1) is 6.85. The fourth-order valence-electron chi connectivity index (χ4n) is 1.76. The number of hydrogen-bond donors (Lipinski definition) is 2. The molecule has 0 aliphatic carbocycles. The Balaban J connectivity index is 3.24. The predicted octanol–water partition coefficient (Wildman–Crippen LogP) is 3.37. The van der Waals surface area contributed by atoms with Crippen molar-refractivity contribution in [1.29, 1.82) is 0 Å². The Morgan fingerprint density at radius 2 is 1.43 bits per heavy atom. The molecule has 0 radical (unpaired) electrons. The number of nitrogens with one attached hydrogen (secondary N) is 1. The van der Waals surface area contributed by atoms with Gasteiger partial charge in [0.25, 0.3) is 0 Å². The fourth-order valence-corrected chi connectivity index (χ4v) is 1.76. The summed E-state index contributed by atoms with van der Waals surface area (Å²) >= 11 is 0. The van der Waals surface area contributed by atoms with Gasteiger partial charge in [-0.2, -0.15) is 0 Å². The van der Waals surface area contributed by atoms with Crippen LogP contribution in [-0.2, 0) is 0 Å². The molecule has 0 bridgehead atoms. The topological polar surface area (TPSA) is 38.0 Å². The molecular formula is C12H28N2. The van der Waals surface area contributed by atoms with E-state index in [1.54, 1.807) is 0 Å². The molecule has 14 heavy (non-hydrogen) atoms. The molecule has 1 atom stereocenters. The smallest absolute Gasteiger partial charge is 0.0210 e. The molecule has 0 aliphatic heterocycles. The standard InChI is InChI=1S/C12H28N2/c1-3-5-7-8-9-11-12(14-13)10-6-4-2/h12,14H,3-11,13H2,1-2H3. The Kier molecular flexibility index (Phi) is 10.9. The van der Waals surface area contributed by atoms with Crippen molar-refractivity contribution < 1.29 is 0 Å². The normalized spacial score (nSPS) is 13.1. The van der Waals surface area contributed by atoms with Gasteiger partial charge < -0.3 is 0 Å². The molecule has 0 rings (SSSR count). The van der Waals surface area contributed by atoms with Crippen LogP contribution in [0.3, 0.4) is 0 Å². The molecule has 0 heterocycles. The highest BCUT2D eigenvalue weighted by Crippen LogP contribution is 2.10. The van der Waals surface area contributed by atoms with Crippen molar-refractivity contribution in [3.05, 3.63) is 0 Å². The van der Waals surface area contributed by atoms with Crippen LogP contribution < -0.4 is 11.3 Å². The second-order valence-electron chi connectivity index (χ2n) is 4.21. The molecule has 86 valence electrons. The van der Waals surface area contributed by atoms with Crippen LogP contribution in [0.5, 0.6) is 0 Å². The van der Waals surface area contributed by atoms with E-state index in [0.29, 0.717) is 6.04 Å². The lowest BCUT2D eigenvalue weighted by Gasteiger charge is -2.14. The van der Waals surface area contributed by atoms with Gasteiger partial charge in [0.05, 0.1) is 0 Å². The Morgan fingerprint density at radius 3 is 2.00 bits per heavy atom. The largest absolute Gasteiger partial charge is 0.271 e. The second-order valence-corrected chi connectivity index (χ2v) is 4.21. The van der Waals surface area contributed by atoms with Crippen LogP contribution in [0.2, 0.25) is 0 Å². The lowest BCUT2D eigenvalue weighted by atomic mass is 10.0. The quantitative estimate of drug-likeness (QED) is 0.322. The van der Waals surface area contributed by atoms with Crippen molar-refractivity contribution in [3.8, 4) is 0 Å². The molecule has 2 heteroatoms. The minimum Gasteiger partial charge on any atom is -0.271 e. The van der Waals surface area contributed by atoms with Crippen LogP contribution >= 0.6 is 0 Å². The Bertz CT molecular complexity index is 104. The van der Waals surface area contributed by atoms with E-state index in [1.165, 1.54) is 57.8 Å². The second kappa shape index (κ2) is 11.0. The van der Waals surface area contributed by atoms with E-state index in [4.69, 9.17) is 5.84 Å². The van der Waals surface area contributed by atoms with E-state index >= 15 is 0 Å². The molecule has 3 N–H and O–H groups in total. The van der Waals surface area contributed by atoms with Crippen LogP contribution in [0.25, 0.3) is 0 Å². The number of unbranched alkanes of at least 4 members (excludes halogenated alkanes) is 5. The lowest BCUT2D eigenvalue weighted by molar-refractivity contribution is 0.427. The third kappa shape index (κ3) is 8.52. The van der Waals surface area contributed by atoms with Gasteiger partial charge in [-0.25, -0.2) is 0 Å². The molecule has 2 nitrogen and oxygen atoms in total. The van der Waals surface area contributed by atoms with Crippen molar-refractivity contribution in [2.24, 2.45) is 5.84 Å². The van der Waals surface area contributed by atoms with Gasteiger partial charge in [0.2, 0.25) is 0 Å². The van der Waals surface area contributed by atoms with E-state index in [2.05, 4.69) is 19.3 Å². The average molecular weight is 200 g/mol. The molecule has 1 unspecified atom stereocenters. The van der Waals surface area contributed by atoms with Gasteiger partial charge in [-0.3, -0.25) is 11.3 Å². The van der Waals surface area contributed by atoms with Crippen molar-refractivity contribution in [1.82, 2.24) is 5.43 Å². The zero-order valence-corrected chi connectivity index (χ0v) is 10.0. The van der Waals surface area contributed by atoms with Gasteiger partial charge in [-0.1, -0.05) is 58.8 Å². The van der Waals surface area contributed by atoms with E-state index in [-0.39, 0.29) is 0 Å². The third-order valence-corrected chi connectivity index (χ3v) is 2.80. The van der Waals surface area contributed by atoms with E-state index in [1.807, 2.05) is 0 Å². The van der Waals surface area contributed by atoms with Crippen LogP contribution in [0.15, 0.2) is 0 Å². The first-order valence-electron chi connectivity index (χ1n) is 6.31. The number of hydrogen-bond acceptors (Lipinski definition) is 2. The molecular weight excluding hydrogens is 172 g/mol. The summed E-state index contributed by atoms with van der Waals surface area (Å²) in [5.41, 5.74) is 2.93. The maximum atomic E-state index is 5.50. The number of nitrogens with two attached hydrogens (primary N) is 1. The summed E-state index contributed by atoms with van der Waals surface area (Å²) in [6.07, 6.45) is 11.9. The first-order valence-corrected chi connectivity index (χ1v) is 6.31. The minimum atomic E-state index is 0.552. The fraction of sp³-hybridized carbons (Fsp3) is 1.00. The van der Waals surface area contributed by atoms with Gasteiger partial charge in [0.1, 0.15) is 0 Å². The van der Waals surface area contributed by atoms with Gasteiger partial charge in [-0.05, 0) is 12.8 Å². The third-order valence-electron chi connectivity index (χ3n) is 2.80. The molecule has 0 aromatic carbocycles. The highest BCUT2D eigenvalue weighted by molar-refractivity contribution is 4.63. The van der Waals surface area contributed by atoms with E-state index < -0.39 is 0 Å². The van der Waals surface area contributed by atoms with Crippen molar-refractivity contribution in [2.75, 3.05) is 0 Å². The van der Waals surface area contributed by atoms with Crippen molar-refractivity contribution >= 4 is 0 Å². The molecule has 0 spiro atoms. The number of hydrazine groups is 1. The molecule has 0 saturated carbocycles. The van der Waals surface area contributed by atoms with Gasteiger partial charge >= 0.3 is 0 Å². The summed E-state index contributed by atoms with van der Waals surface area (Å²) in [5.74, 6) is 5.50. The van der Waals surface area contributed by atoms with Crippen LogP contribution in [-0.4, -0.2) is 6.04 Å². The van der Waals surface area contributed by atoms with Gasteiger partial charge in [0, 0.05) is 6.04 Å². The SMILES string of the molecule is CCCCCCCC(CCCC)NN. The summed E-state index contributed by atoms with van der Waals surface area (Å²) in [6, 6.07) is 0.552. The first kappa shape index (κ1) is 13.9. The lowest BCUT2D eigenvalue weighted by Crippen LogP contribution is -2.34. The van der Waals surface area contributed by atoms with E-state index in [9.17, 15) is 0 Å². The van der Waals surface area contributed by atoms with Gasteiger partial charge in [-0.15, -0.1) is 0 Å². The van der Waals surface area contributed by atoms with Crippen LogP contribution in [0, 0.1) is 0 Å². The van der Waals surface area contributed by atoms with E-state index in [0.717, 1.165) is 0 Å². The van der Waals surface area contributed by atoms with Gasteiger partial charge in [0.15, 0.2) is 0 Å². The highest BCUT2D eigenvalue weighted by Gasteiger charge is 2.04. The average Bonchev–Trinajstić information content (AvgIpc) is 2.22. The summed E-state index contributed by atoms with van der Waals surface area (Å²) in [5, 5.41) is 0. The summed E-state index contributed by atoms with van der Waals surface area (Å²) in [4.78, 5) is 0. The minimum absolute atomic E-state index is 0.552. The highest BCUT2D eigenvalue weighted by atomic mass is 15.2. The Labute approximate surface area is 89.6 Å². The zero-order valence-electron chi connectivity index (χ0n) is 10.0. The Morgan fingerprint density at radius 1 is 0.857 bits per heavy atom. The Hall–Kier alpha value is -0.0800. The number of rotatable bonds is 10. The van der Waals surface area contributed by atoms with Crippen molar-refractivity contribution in [3.63, 3.8) is 0 Å². The molecule has 0 aromatic rings. The predicted molar refractivity (Wildman–Crippen MR) is 64.0 cm³/mol. The maximum Gasteiger partial charge on any atom is 0.0210 e. The molecule has 0 aliphatic rings. The molecule has 0 aromatic heterocycles. The van der Waals surface area contributed by atoms with Crippen molar-refractivity contribution in [2.45, 2.75) is 77.7 Å². The molecule has 0 saturated heterocycles. The maximum absolute atomic E-state index is 5.50. The van der Waals surface area contributed by atoms with Crippen LogP contribution in [0.4, 0.5) is 0 Å². The summed E-state index contributed by atoms with van der Waals surface area (Å²) in [6.45, 7) is 4.49. The van der Waals surface area contributed by atoms with Crippen LogP contribution in [0.1, 0.15) is 71.6 Å². The summed E-state index contributed by atoms with van der Waals surface area (Å²) < 4.78 is 0. The molecule has 0 fully saturated rings. The zero-order chi connectivity index (χ0) is 10.6. The molecule has 0 amide bonds.